The number of fused-ring (bicyclic) bond motifs is 1. The molecule has 0 radical (unpaired) electrons. The highest BCUT2D eigenvalue weighted by Gasteiger charge is 2.29. The minimum absolute atomic E-state index is 0.100. The molecular formula is C27H30N2O4S. The van der Waals surface area contributed by atoms with E-state index in [4.69, 9.17) is 4.74 Å². The van der Waals surface area contributed by atoms with Gasteiger partial charge >= 0.3 is 0 Å². The molecule has 3 aromatic rings. The van der Waals surface area contributed by atoms with E-state index in [-0.39, 0.29) is 29.9 Å². The maximum Gasteiger partial charge on any atom is 0.243 e. The second kappa shape index (κ2) is 10.4. The third-order valence-corrected chi connectivity index (χ3v) is 8.02. The zero-order valence-corrected chi connectivity index (χ0v) is 20.3. The first-order valence-electron chi connectivity index (χ1n) is 11.4. The summed E-state index contributed by atoms with van der Waals surface area (Å²) in [4.78, 5) is 13.3. The van der Waals surface area contributed by atoms with Crippen LogP contribution in [0.25, 0.3) is 0 Å². The minimum Gasteiger partial charge on any atom is -0.496 e. The maximum atomic E-state index is 13.6. The van der Waals surface area contributed by atoms with Gasteiger partial charge in [0.25, 0.3) is 0 Å². The van der Waals surface area contributed by atoms with Gasteiger partial charge in [-0.15, -0.1) is 0 Å². The molecule has 4 rings (SSSR count). The van der Waals surface area contributed by atoms with Crippen molar-refractivity contribution in [3.05, 3.63) is 95.1 Å². The van der Waals surface area contributed by atoms with E-state index in [0.717, 1.165) is 30.4 Å². The number of nitrogens with zero attached hydrogens (tertiary/aromatic N) is 1. The van der Waals surface area contributed by atoms with Gasteiger partial charge < -0.3 is 10.1 Å². The van der Waals surface area contributed by atoms with Crippen molar-refractivity contribution in [2.45, 2.75) is 43.7 Å². The van der Waals surface area contributed by atoms with Gasteiger partial charge in [-0.3, -0.25) is 4.79 Å². The fourth-order valence-corrected chi connectivity index (χ4v) is 5.95. The van der Waals surface area contributed by atoms with Crippen LogP contribution in [-0.2, 0) is 27.8 Å². The Balaban J connectivity index is 1.59. The average molecular weight is 479 g/mol. The molecule has 1 atom stereocenters. The first kappa shape index (κ1) is 24.0. The first-order chi connectivity index (χ1) is 16.4. The fourth-order valence-electron chi connectivity index (χ4n) is 4.48. The fraction of sp³-hybridized carbons (Fsp3) is 0.296. The highest BCUT2D eigenvalue weighted by Crippen LogP contribution is 2.30. The summed E-state index contributed by atoms with van der Waals surface area (Å²) in [6.07, 6.45) is 2.82. The highest BCUT2D eigenvalue weighted by molar-refractivity contribution is 7.89. The number of methoxy groups -OCH3 is 1. The summed E-state index contributed by atoms with van der Waals surface area (Å²) in [5, 5.41) is 3.08. The topological polar surface area (TPSA) is 75.7 Å². The molecule has 0 bridgehead atoms. The van der Waals surface area contributed by atoms with E-state index in [9.17, 15) is 13.2 Å². The van der Waals surface area contributed by atoms with Crippen molar-refractivity contribution in [2.75, 3.05) is 13.7 Å². The molecule has 1 aliphatic carbocycles. The summed E-state index contributed by atoms with van der Waals surface area (Å²) < 4.78 is 33.8. The van der Waals surface area contributed by atoms with Crippen LogP contribution in [0.15, 0.2) is 77.7 Å². The number of benzene rings is 3. The van der Waals surface area contributed by atoms with E-state index in [1.54, 1.807) is 26.2 Å². The Morgan fingerprint density at radius 2 is 1.79 bits per heavy atom. The number of ether oxygens (including phenoxy) is 1. The van der Waals surface area contributed by atoms with Crippen LogP contribution in [0, 0.1) is 6.92 Å². The van der Waals surface area contributed by atoms with Gasteiger partial charge in [-0.1, -0.05) is 54.6 Å². The van der Waals surface area contributed by atoms with Gasteiger partial charge in [0.1, 0.15) is 5.75 Å². The Morgan fingerprint density at radius 1 is 1.06 bits per heavy atom. The molecule has 1 N–H and O–H groups in total. The smallest absolute Gasteiger partial charge is 0.243 e. The summed E-state index contributed by atoms with van der Waals surface area (Å²) in [5.74, 6) is 0.300. The third kappa shape index (κ3) is 5.32. The number of amides is 1. The highest BCUT2D eigenvalue weighted by atomic mass is 32.2. The molecule has 0 spiro atoms. The lowest BCUT2D eigenvalue weighted by Gasteiger charge is -2.28. The molecule has 0 saturated heterocycles. The average Bonchev–Trinajstić information content (AvgIpc) is 2.84. The molecule has 0 heterocycles. The Morgan fingerprint density at radius 3 is 2.53 bits per heavy atom. The van der Waals surface area contributed by atoms with Crippen LogP contribution < -0.4 is 10.1 Å². The van der Waals surface area contributed by atoms with E-state index < -0.39 is 10.0 Å². The van der Waals surface area contributed by atoms with Crippen molar-refractivity contribution < 1.29 is 17.9 Å². The van der Waals surface area contributed by atoms with Crippen LogP contribution in [-0.4, -0.2) is 32.3 Å². The number of sulfonamides is 1. The van der Waals surface area contributed by atoms with Gasteiger partial charge in [-0.25, -0.2) is 8.42 Å². The van der Waals surface area contributed by atoms with Crippen LogP contribution in [0.5, 0.6) is 5.75 Å². The zero-order chi connectivity index (χ0) is 24.1. The lowest BCUT2D eigenvalue weighted by Crippen LogP contribution is -2.42. The predicted octanol–water partition coefficient (Wildman–Crippen LogP) is 4.39. The number of aryl methyl sites for hydroxylation is 2. The molecule has 0 aliphatic heterocycles. The van der Waals surface area contributed by atoms with E-state index in [1.807, 2.05) is 48.5 Å². The summed E-state index contributed by atoms with van der Waals surface area (Å²) in [7, 11) is -2.38. The second-order valence-corrected chi connectivity index (χ2v) is 10.5. The van der Waals surface area contributed by atoms with Gasteiger partial charge in [0.15, 0.2) is 0 Å². The summed E-state index contributed by atoms with van der Waals surface area (Å²) in [5.41, 5.74) is 3.88. The van der Waals surface area contributed by atoms with Crippen molar-refractivity contribution in [1.82, 2.24) is 9.62 Å². The SMILES string of the molecule is COc1ccc(S(=O)(=O)N(CC(=O)NC2CCCc3ccccc32)Cc2ccccc2)cc1C. The maximum absolute atomic E-state index is 13.6. The minimum atomic E-state index is -3.93. The van der Waals surface area contributed by atoms with Gasteiger partial charge in [0.05, 0.1) is 24.6 Å². The van der Waals surface area contributed by atoms with Crippen molar-refractivity contribution in [3.63, 3.8) is 0 Å². The monoisotopic (exact) mass is 478 g/mol. The molecule has 0 saturated carbocycles. The number of hydrogen-bond donors (Lipinski definition) is 1. The number of nitrogens with one attached hydrogen (secondary N) is 1. The van der Waals surface area contributed by atoms with E-state index >= 15 is 0 Å². The number of carbonyl (C=O) groups is 1. The van der Waals surface area contributed by atoms with Crippen molar-refractivity contribution in [1.29, 1.82) is 0 Å². The molecule has 6 nitrogen and oxygen atoms in total. The number of rotatable bonds is 8. The lowest BCUT2D eigenvalue weighted by molar-refractivity contribution is -0.122. The molecule has 1 unspecified atom stereocenters. The predicted molar refractivity (Wildman–Crippen MR) is 132 cm³/mol. The van der Waals surface area contributed by atoms with Gasteiger partial charge in [-0.2, -0.15) is 4.31 Å². The standard InChI is InChI=1S/C27H30N2O4S/c1-20-17-23(15-16-26(20)33-2)34(31,32)29(18-21-9-4-3-5-10-21)19-27(30)28-25-14-8-12-22-11-6-7-13-24(22)25/h3-7,9-11,13,15-17,25H,8,12,14,18-19H2,1-2H3,(H,28,30). The molecule has 0 fully saturated rings. The lowest BCUT2D eigenvalue weighted by atomic mass is 9.88. The summed E-state index contributed by atoms with van der Waals surface area (Å²) in [6, 6.07) is 22.1. The molecule has 0 aromatic heterocycles. The molecule has 1 amide bonds. The number of carbonyl (C=O) groups excluding carboxylic acids is 1. The van der Waals surface area contributed by atoms with Gasteiger partial charge in [0.2, 0.25) is 15.9 Å². The van der Waals surface area contributed by atoms with Crippen molar-refractivity contribution >= 4 is 15.9 Å². The Labute approximate surface area is 201 Å². The summed E-state index contributed by atoms with van der Waals surface area (Å²) in [6.45, 7) is 1.64. The number of hydrogen-bond acceptors (Lipinski definition) is 4. The summed E-state index contributed by atoms with van der Waals surface area (Å²) >= 11 is 0. The first-order valence-corrected chi connectivity index (χ1v) is 12.9. The van der Waals surface area contributed by atoms with Crippen LogP contribution in [0.2, 0.25) is 0 Å². The van der Waals surface area contributed by atoms with Crippen LogP contribution in [0.3, 0.4) is 0 Å². The van der Waals surface area contributed by atoms with Crippen LogP contribution in [0.1, 0.15) is 41.1 Å². The molecule has 34 heavy (non-hydrogen) atoms. The Bertz CT molecular complexity index is 1260. The second-order valence-electron chi connectivity index (χ2n) is 8.60. The Kier molecular flexibility index (Phi) is 7.34. The molecule has 7 heteroatoms. The van der Waals surface area contributed by atoms with Crippen LogP contribution in [0.4, 0.5) is 0 Å². The molecule has 178 valence electrons. The zero-order valence-electron chi connectivity index (χ0n) is 19.5. The largest absolute Gasteiger partial charge is 0.496 e. The Hall–Kier alpha value is -3.16. The van der Waals surface area contributed by atoms with Crippen LogP contribution >= 0.6 is 0 Å². The van der Waals surface area contributed by atoms with Crippen molar-refractivity contribution in [3.8, 4) is 5.75 Å². The molecule has 3 aromatic carbocycles. The van der Waals surface area contributed by atoms with E-state index in [0.29, 0.717) is 11.3 Å². The molecular weight excluding hydrogens is 448 g/mol. The quantitative estimate of drug-likeness (QED) is 0.521. The van der Waals surface area contributed by atoms with E-state index in [2.05, 4.69) is 11.4 Å². The van der Waals surface area contributed by atoms with E-state index in [1.165, 1.54) is 15.9 Å². The normalized spacial score (nSPS) is 15.6. The van der Waals surface area contributed by atoms with Crippen molar-refractivity contribution in [2.24, 2.45) is 0 Å². The molecule has 1 aliphatic rings. The van der Waals surface area contributed by atoms with Gasteiger partial charge in [0, 0.05) is 6.54 Å². The van der Waals surface area contributed by atoms with Gasteiger partial charge in [-0.05, 0) is 66.6 Å². The third-order valence-electron chi connectivity index (χ3n) is 6.23.